The zero-order valence-electron chi connectivity index (χ0n) is 24.1. The quantitative estimate of drug-likeness (QED) is 0.215. The van der Waals surface area contributed by atoms with Gasteiger partial charge in [0.05, 0.1) is 16.7 Å². The third kappa shape index (κ3) is 5.13. The van der Waals surface area contributed by atoms with Crippen molar-refractivity contribution in [3.63, 3.8) is 0 Å². The largest absolute Gasteiger partial charge is 0.382 e. The van der Waals surface area contributed by atoms with Gasteiger partial charge < -0.3 is 25.0 Å². The van der Waals surface area contributed by atoms with E-state index in [-0.39, 0.29) is 11.7 Å². The van der Waals surface area contributed by atoms with E-state index in [2.05, 4.69) is 49.3 Å². The molecule has 1 saturated heterocycles. The van der Waals surface area contributed by atoms with Crippen molar-refractivity contribution in [2.75, 3.05) is 46.6 Å². The molecule has 2 fully saturated rings. The number of hydrogen-bond acceptors (Lipinski definition) is 5. The van der Waals surface area contributed by atoms with Gasteiger partial charge in [0.2, 0.25) is 5.91 Å². The molecule has 7 nitrogen and oxygen atoms in total. The van der Waals surface area contributed by atoms with Crippen LogP contribution in [0.4, 0.5) is 27.1 Å². The van der Waals surface area contributed by atoms with E-state index in [0.29, 0.717) is 17.5 Å². The normalized spacial score (nSPS) is 18.0. The second-order valence-corrected chi connectivity index (χ2v) is 12.4. The number of imidazole rings is 1. The highest BCUT2D eigenvalue weighted by molar-refractivity contribution is 6.30. The number of anilines is 4. The lowest BCUT2D eigenvalue weighted by Crippen LogP contribution is -2.46. The Bertz CT molecular complexity index is 1860. The van der Waals surface area contributed by atoms with Gasteiger partial charge in [0.15, 0.2) is 0 Å². The van der Waals surface area contributed by atoms with E-state index in [1.165, 1.54) is 25.0 Å². The number of fused-ring (bicyclic) bond motifs is 5. The molecule has 8 rings (SSSR count). The van der Waals surface area contributed by atoms with Gasteiger partial charge in [-0.15, -0.1) is 0 Å². The summed E-state index contributed by atoms with van der Waals surface area (Å²) in [6, 6.07) is 27.0. The number of carbonyl (C=O) groups is 1. The van der Waals surface area contributed by atoms with Crippen molar-refractivity contribution in [3.8, 4) is 11.4 Å². The second-order valence-electron chi connectivity index (χ2n) is 11.9. The van der Waals surface area contributed by atoms with Crippen molar-refractivity contribution in [1.29, 1.82) is 0 Å². The minimum absolute atomic E-state index is 0.0665. The van der Waals surface area contributed by atoms with Gasteiger partial charge in [-0.05, 0) is 91.2 Å². The van der Waals surface area contributed by atoms with Crippen LogP contribution >= 0.6 is 11.6 Å². The molecule has 5 aromatic rings. The first kappa shape index (κ1) is 27.0. The number of nitrogens with one attached hydrogen (secondary N) is 2. The molecule has 9 heteroatoms. The number of piperazine rings is 1. The van der Waals surface area contributed by atoms with Gasteiger partial charge >= 0.3 is 0 Å². The molecule has 1 unspecified atom stereocenters. The summed E-state index contributed by atoms with van der Waals surface area (Å²) in [6.45, 7) is 3.38. The van der Waals surface area contributed by atoms with Crippen LogP contribution in [0.2, 0.25) is 5.02 Å². The van der Waals surface area contributed by atoms with Crippen LogP contribution in [-0.2, 0) is 11.2 Å². The van der Waals surface area contributed by atoms with Gasteiger partial charge in [-0.25, -0.2) is 9.37 Å². The van der Waals surface area contributed by atoms with Crippen LogP contribution in [-0.4, -0.2) is 47.7 Å². The number of benzene rings is 4. The lowest BCUT2D eigenvalue weighted by atomic mass is 10.0. The van der Waals surface area contributed by atoms with Gasteiger partial charge in [-0.3, -0.25) is 4.79 Å². The summed E-state index contributed by atoms with van der Waals surface area (Å²) in [6.07, 6.45) is 2.86. The standard InChI is InChI=1S/C35H32ClFN6O/c36-23-3-1-22(2-4-23)19-33-35(44)40-30-13-9-26(38-25-7-8-25)20-29(30)34-39-31-21-28(12-14-32(31)43(33)34)42-17-15-41(16-18-42)27-10-5-24(37)6-11-27/h1-6,9-14,20-21,25,33,38H,7-8,15-19H2,(H,40,44). The van der Waals surface area contributed by atoms with Crippen LogP contribution in [0, 0.1) is 5.82 Å². The maximum absolute atomic E-state index is 13.9. The topological polar surface area (TPSA) is 65.4 Å². The van der Waals surface area contributed by atoms with Crippen molar-refractivity contribution < 1.29 is 9.18 Å². The molecule has 1 atom stereocenters. The van der Waals surface area contributed by atoms with E-state index < -0.39 is 6.04 Å². The predicted octanol–water partition coefficient (Wildman–Crippen LogP) is 7.13. The first-order chi connectivity index (χ1) is 21.5. The molecule has 222 valence electrons. The number of halogens is 2. The van der Waals surface area contributed by atoms with Crippen LogP contribution in [0.15, 0.2) is 84.9 Å². The molecule has 4 aromatic carbocycles. The summed E-state index contributed by atoms with van der Waals surface area (Å²) >= 11 is 6.17. The summed E-state index contributed by atoms with van der Waals surface area (Å²) in [5.74, 6) is 0.498. The van der Waals surface area contributed by atoms with E-state index in [1.54, 1.807) is 0 Å². The smallest absolute Gasteiger partial charge is 0.247 e. The zero-order chi connectivity index (χ0) is 29.8. The van der Waals surface area contributed by atoms with E-state index in [9.17, 15) is 9.18 Å². The van der Waals surface area contributed by atoms with Crippen LogP contribution < -0.4 is 20.4 Å². The van der Waals surface area contributed by atoms with Crippen LogP contribution in [0.25, 0.3) is 22.4 Å². The fourth-order valence-electron chi connectivity index (χ4n) is 6.42. The number of hydrogen-bond donors (Lipinski definition) is 2. The van der Waals surface area contributed by atoms with Crippen molar-refractivity contribution in [2.24, 2.45) is 0 Å². The Hall–Kier alpha value is -4.56. The van der Waals surface area contributed by atoms with Crippen molar-refractivity contribution >= 4 is 51.3 Å². The monoisotopic (exact) mass is 606 g/mol. The van der Waals surface area contributed by atoms with Crippen molar-refractivity contribution in [3.05, 3.63) is 101 Å². The molecule has 0 bridgehead atoms. The predicted molar refractivity (Wildman–Crippen MR) is 175 cm³/mol. The van der Waals surface area contributed by atoms with Gasteiger partial charge in [0.1, 0.15) is 17.7 Å². The number of carbonyl (C=O) groups excluding carboxylic acids is 1. The van der Waals surface area contributed by atoms with E-state index in [1.807, 2.05) is 48.5 Å². The molecule has 2 aliphatic heterocycles. The van der Waals surface area contributed by atoms with Gasteiger partial charge in [-0.1, -0.05) is 23.7 Å². The lowest BCUT2D eigenvalue weighted by Gasteiger charge is -2.37. The molecule has 0 spiro atoms. The lowest BCUT2D eigenvalue weighted by molar-refractivity contribution is -0.119. The summed E-state index contributed by atoms with van der Waals surface area (Å²) in [5, 5.41) is 7.46. The fourth-order valence-corrected chi connectivity index (χ4v) is 6.54. The highest BCUT2D eigenvalue weighted by Crippen LogP contribution is 2.40. The Balaban J connectivity index is 1.16. The number of amides is 1. The molecule has 3 heterocycles. The van der Waals surface area contributed by atoms with Gasteiger partial charge in [-0.2, -0.15) is 0 Å². The molecular weight excluding hydrogens is 575 g/mol. The van der Waals surface area contributed by atoms with Crippen LogP contribution in [0.1, 0.15) is 24.4 Å². The Morgan fingerprint density at radius 3 is 2.30 bits per heavy atom. The number of aromatic nitrogens is 2. The van der Waals surface area contributed by atoms with Crippen molar-refractivity contribution in [1.82, 2.24) is 9.55 Å². The maximum Gasteiger partial charge on any atom is 0.247 e. The van der Waals surface area contributed by atoms with Crippen LogP contribution in [0.5, 0.6) is 0 Å². The Morgan fingerprint density at radius 1 is 0.864 bits per heavy atom. The Kier molecular flexibility index (Phi) is 6.67. The first-order valence-corrected chi connectivity index (χ1v) is 15.6. The average molecular weight is 607 g/mol. The third-order valence-electron chi connectivity index (χ3n) is 8.93. The third-order valence-corrected chi connectivity index (χ3v) is 9.18. The average Bonchev–Trinajstić information content (AvgIpc) is 3.80. The van der Waals surface area contributed by atoms with Crippen molar-refractivity contribution in [2.45, 2.75) is 31.3 Å². The summed E-state index contributed by atoms with van der Waals surface area (Å²) in [5.41, 5.74) is 7.68. The molecule has 1 saturated carbocycles. The molecule has 0 radical (unpaired) electrons. The molecule has 1 amide bonds. The number of nitrogens with zero attached hydrogens (tertiary/aromatic N) is 4. The summed E-state index contributed by atoms with van der Waals surface area (Å²) < 4.78 is 15.5. The van der Waals surface area contributed by atoms with Gasteiger partial charge in [0.25, 0.3) is 0 Å². The Labute approximate surface area is 260 Å². The molecular formula is C35H32ClFN6O. The fraction of sp³-hybridized carbons (Fsp3) is 0.257. The van der Waals surface area contributed by atoms with Gasteiger partial charge in [0, 0.05) is 66.3 Å². The molecule has 1 aromatic heterocycles. The van der Waals surface area contributed by atoms with E-state index in [4.69, 9.17) is 16.6 Å². The Morgan fingerprint density at radius 2 is 1.57 bits per heavy atom. The highest BCUT2D eigenvalue weighted by Gasteiger charge is 2.32. The van der Waals surface area contributed by atoms with E-state index in [0.717, 1.165) is 76.9 Å². The molecule has 3 aliphatic rings. The second kappa shape index (κ2) is 10.9. The van der Waals surface area contributed by atoms with E-state index >= 15 is 0 Å². The summed E-state index contributed by atoms with van der Waals surface area (Å²) in [7, 11) is 0. The SMILES string of the molecule is O=C1Nc2ccc(NC3CC3)cc2-c2nc3cc(N4CCN(c5ccc(F)cc5)CC4)ccc3n2C1Cc1ccc(Cl)cc1. The zero-order valence-corrected chi connectivity index (χ0v) is 24.9. The van der Waals surface area contributed by atoms with Crippen LogP contribution in [0.3, 0.4) is 0 Å². The highest BCUT2D eigenvalue weighted by atomic mass is 35.5. The molecule has 1 aliphatic carbocycles. The summed E-state index contributed by atoms with van der Waals surface area (Å²) in [4.78, 5) is 23.7. The first-order valence-electron chi connectivity index (χ1n) is 15.2. The number of rotatable bonds is 6. The maximum atomic E-state index is 13.9. The minimum Gasteiger partial charge on any atom is -0.382 e. The molecule has 44 heavy (non-hydrogen) atoms. The molecule has 2 N–H and O–H groups in total. The minimum atomic E-state index is -0.492.